The molecule has 0 aliphatic carbocycles. The van der Waals surface area contributed by atoms with Crippen molar-refractivity contribution in [3.63, 3.8) is 0 Å². The monoisotopic (exact) mass is 402 g/mol. The molecule has 0 unspecified atom stereocenters. The van der Waals surface area contributed by atoms with Crippen LogP contribution in [-0.4, -0.2) is 50.1 Å². The highest BCUT2D eigenvalue weighted by Crippen LogP contribution is 2.29. The van der Waals surface area contributed by atoms with Crippen LogP contribution in [0.4, 0.5) is 0 Å². The number of carbonyl (C=O) groups excluding carboxylic acids is 1. The lowest BCUT2D eigenvalue weighted by Gasteiger charge is -2.30. The van der Waals surface area contributed by atoms with E-state index in [-0.39, 0.29) is 18.1 Å². The number of hydrogen-bond donors (Lipinski definition) is 1. The van der Waals surface area contributed by atoms with E-state index in [1.54, 1.807) is 18.2 Å². The number of ether oxygens (including phenoxy) is 1. The van der Waals surface area contributed by atoms with Crippen LogP contribution in [0.5, 0.6) is 5.75 Å². The molecular weight excluding hydrogens is 376 g/mol. The lowest BCUT2D eigenvalue weighted by molar-refractivity contribution is 0.0930. The van der Waals surface area contributed by atoms with Crippen molar-refractivity contribution >= 4 is 27.5 Å². The molecule has 8 heteroatoms. The lowest BCUT2D eigenvalue weighted by Crippen LogP contribution is -2.41. The molecule has 0 saturated carbocycles. The minimum absolute atomic E-state index is 0.0669. The average Bonchev–Trinajstić information content (AvgIpc) is 2.56. The third kappa shape index (κ3) is 5.59. The van der Waals surface area contributed by atoms with Crippen molar-refractivity contribution in [3.05, 3.63) is 28.8 Å². The van der Waals surface area contributed by atoms with Crippen LogP contribution < -0.4 is 10.1 Å². The number of nitrogens with one attached hydrogen (secondary N) is 1. The minimum atomic E-state index is -3.15. The Bertz CT molecular complexity index is 744. The quantitative estimate of drug-likeness (QED) is 0.793. The first kappa shape index (κ1) is 21.0. The molecule has 0 spiro atoms. The van der Waals surface area contributed by atoms with Gasteiger partial charge in [-0.1, -0.05) is 25.4 Å². The van der Waals surface area contributed by atoms with Crippen molar-refractivity contribution in [3.8, 4) is 5.75 Å². The number of rotatable bonds is 6. The largest absolute Gasteiger partial charge is 0.489 e. The van der Waals surface area contributed by atoms with Gasteiger partial charge in [0.05, 0.1) is 11.3 Å². The van der Waals surface area contributed by atoms with E-state index in [0.717, 1.165) is 0 Å². The topological polar surface area (TPSA) is 75.7 Å². The van der Waals surface area contributed by atoms with Crippen LogP contribution in [0.3, 0.4) is 0 Å². The summed E-state index contributed by atoms with van der Waals surface area (Å²) in [5.41, 5.74) is 0.488. The fraction of sp³-hybridized carbons (Fsp3) is 0.611. The van der Waals surface area contributed by atoms with Gasteiger partial charge in [0.1, 0.15) is 11.9 Å². The van der Waals surface area contributed by atoms with E-state index < -0.39 is 10.0 Å². The number of carbonyl (C=O) groups is 1. The number of halogens is 1. The highest BCUT2D eigenvalue weighted by atomic mass is 35.5. The van der Waals surface area contributed by atoms with E-state index >= 15 is 0 Å². The fourth-order valence-electron chi connectivity index (χ4n) is 2.66. The van der Waals surface area contributed by atoms with E-state index in [1.807, 2.05) is 20.8 Å². The summed E-state index contributed by atoms with van der Waals surface area (Å²) in [5, 5.41) is 3.32. The SMILES string of the molecule is CC(C)[C@@H](C)NC(=O)c1ccc(OC2CCN(S(C)(=O)=O)CC2)c(Cl)c1. The zero-order chi connectivity index (χ0) is 19.5. The maximum Gasteiger partial charge on any atom is 0.251 e. The van der Waals surface area contributed by atoms with Gasteiger partial charge in [-0.2, -0.15) is 0 Å². The molecule has 1 aliphatic rings. The predicted octanol–water partition coefficient (Wildman–Crippen LogP) is 2.92. The smallest absolute Gasteiger partial charge is 0.251 e. The van der Waals surface area contributed by atoms with E-state index in [1.165, 1.54) is 10.6 Å². The fourth-order valence-corrected chi connectivity index (χ4v) is 3.75. The van der Waals surface area contributed by atoms with E-state index in [4.69, 9.17) is 16.3 Å². The summed E-state index contributed by atoms with van der Waals surface area (Å²) >= 11 is 6.28. The number of hydrogen-bond acceptors (Lipinski definition) is 4. The summed E-state index contributed by atoms with van der Waals surface area (Å²) in [5.74, 6) is 0.689. The first-order chi connectivity index (χ1) is 12.1. The Morgan fingerprint density at radius 1 is 1.27 bits per heavy atom. The molecule has 1 amide bonds. The third-order valence-electron chi connectivity index (χ3n) is 4.72. The van der Waals surface area contributed by atoms with Crippen molar-refractivity contribution < 1.29 is 17.9 Å². The summed E-state index contributed by atoms with van der Waals surface area (Å²) < 4.78 is 30.5. The Kier molecular flexibility index (Phi) is 6.93. The van der Waals surface area contributed by atoms with Crippen LogP contribution in [-0.2, 0) is 10.0 Å². The van der Waals surface area contributed by atoms with Crippen LogP contribution in [0.25, 0.3) is 0 Å². The second-order valence-corrected chi connectivity index (χ2v) is 9.52. The van der Waals surface area contributed by atoms with Crippen molar-refractivity contribution in [2.75, 3.05) is 19.3 Å². The maximum atomic E-state index is 12.3. The van der Waals surface area contributed by atoms with Gasteiger partial charge in [0.25, 0.3) is 5.91 Å². The molecule has 6 nitrogen and oxygen atoms in total. The number of nitrogens with zero attached hydrogens (tertiary/aromatic N) is 1. The minimum Gasteiger partial charge on any atom is -0.489 e. The molecule has 146 valence electrons. The maximum absolute atomic E-state index is 12.3. The van der Waals surface area contributed by atoms with Crippen LogP contribution in [0.15, 0.2) is 18.2 Å². The van der Waals surface area contributed by atoms with Gasteiger partial charge in [-0.15, -0.1) is 0 Å². The van der Waals surface area contributed by atoms with Crippen molar-refractivity contribution in [2.45, 2.75) is 45.8 Å². The van der Waals surface area contributed by atoms with E-state index in [9.17, 15) is 13.2 Å². The Balaban J connectivity index is 1.97. The Morgan fingerprint density at radius 3 is 2.38 bits per heavy atom. The molecule has 2 rings (SSSR count). The lowest BCUT2D eigenvalue weighted by atomic mass is 10.1. The van der Waals surface area contributed by atoms with Crippen LogP contribution in [0, 0.1) is 5.92 Å². The molecule has 1 aromatic carbocycles. The Hall–Kier alpha value is -1.31. The molecular formula is C18H27ClN2O4S. The normalized spacial score (nSPS) is 17.9. The standard InChI is InChI=1S/C18H27ClN2O4S/c1-12(2)13(3)20-18(22)14-5-6-17(16(19)11-14)25-15-7-9-21(10-8-15)26(4,23)24/h5-6,11-13,15H,7-10H2,1-4H3,(H,20,22)/t13-/m1/s1. The highest BCUT2D eigenvalue weighted by Gasteiger charge is 2.26. The number of amides is 1. The number of benzene rings is 1. The Labute approximate surface area is 160 Å². The summed E-state index contributed by atoms with van der Waals surface area (Å²) in [6.07, 6.45) is 2.34. The molecule has 26 heavy (non-hydrogen) atoms. The van der Waals surface area contributed by atoms with Gasteiger partial charge in [0.2, 0.25) is 10.0 Å². The molecule has 0 aromatic heterocycles. The summed E-state index contributed by atoms with van der Waals surface area (Å²) in [4.78, 5) is 12.3. The second kappa shape index (κ2) is 8.59. The highest BCUT2D eigenvalue weighted by molar-refractivity contribution is 7.88. The molecule has 1 aromatic rings. The third-order valence-corrected chi connectivity index (χ3v) is 6.31. The van der Waals surface area contributed by atoms with Gasteiger partial charge in [-0.05, 0) is 43.9 Å². The zero-order valence-electron chi connectivity index (χ0n) is 15.7. The number of sulfonamides is 1. The Morgan fingerprint density at radius 2 is 1.88 bits per heavy atom. The summed E-state index contributed by atoms with van der Waals surface area (Å²) in [6.45, 7) is 6.93. The molecule has 1 aliphatic heterocycles. The van der Waals surface area contributed by atoms with Gasteiger partial charge in [-0.3, -0.25) is 4.79 Å². The average molecular weight is 403 g/mol. The van der Waals surface area contributed by atoms with Gasteiger partial charge >= 0.3 is 0 Å². The van der Waals surface area contributed by atoms with E-state index in [2.05, 4.69) is 5.32 Å². The molecule has 1 N–H and O–H groups in total. The second-order valence-electron chi connectivity index (χ2n) is 7.13. The van der Waals surface area contributed by atoms with E-state index in [0.29, 0.717) is 48.2 Å². The first-order valence-corrected chi connectivity index (χ1v) is 11.0. The van der Waals surface area contributed by atoms with Crippen molar-refractivity contribution in [1.29, 1.82) is 0 Å². The summed E-state index contributed by atoms with van der Waals surface area (Å²) in [7, 11) is -3.15. The van der Waals surface area contributed by atoms with Crippen LogP contribution in [0.1, 0.15) is 44.0 Å². The van der Waals surface area contributed by atoms with Crippen LogP contribution >= 0.6 is 11.6 Å². The van der Waals surface area contributed by atoms with Gasteiger partial charge in [-0.25, -0.2) is 12.7 Å². The number of piperidine rings is 1. The molecule has 1 atom stereocenters. The van der Waals surface area contributed by atoms with Gasteiger partial charge in [0.15, 0.2) is 0 Å². The van der Waals surface area contributed by atoms with Crippen molar-refractivity contribution in [1.82, 2.24) is 9.62 Å². The van der Waals surface area contributed by atoms with Gasteiger partial charge in [0, 0.05) is 24.7 Å². The van der Waals surface area contributed by atoms with Crippen molar-refractivity contribution in [2.24, 2.45) is 5.92 Å². The summed E-state index contributed by atoms with van der Waals surface area (Å²) in [6, 6.07) is 5.05. The molecule has 1 saturated heterocycles. The zero-order valence-corrected chi connectivity index (χ0v) is 17.2. The molecule has 1 heterocycles. The van der Waals surface area contributed by atoms with Gasteiger partial charge < -0.3 is 10.1 Å². The first-order valence-electron chi connectivity index (χ1n) is 8.80. The predicted molar refractivity (Wildman–Crippen MR) is 103 cm³/mol. The molecule has 0 radical (unpaired) electrons. The molecule has 0 bridgehead atoms. The van der Waals surface area contributed by atoms with Crippen LogP contribution in [0.2, 0.25) is 5.02 Å². The molecule has 1 fully saturated rings.